The van der Waals surface area contributed by atoms with E-state index in [0.717, 1.165) is 17.7 Å². The second-order valence-electron chi connectivity index (χ2n) is 6.56. The van der Waals surface area contributed by atoms with E-state index in [0.29, 0.717) is 25.0 Å². The maximum Gasteiger partial charge on any atom is 0.309 e. The molecule has 2 unspecified atom stereocenters. The van der Waals surface area contributed by atoms with E-state index < -0.39 is 11.6 Å². The lowest BCUT2D eigenvalue weighted by Gasteiger charge is -2.29. The monoisotopic (exact) mass is 330 g/mol. The number of hydrogen-bond donors (Lipinski definition) is 0. The van der Waals surface area contributed by atoms with Gasteiger partial charge in [0, 0.05) is 5.92 Å². The molecule has 1 aliphatic rings. The molecule has 126 valence electrons. The van der Waals surface area contributed by atoms with Crippen molar-refractivity contribution in [2.45, 2.75) is 32.6 Å². The van der Waals surface area contributed by atoms with Crippen LogP contribution in [0.25, 0.3) is 0 Å². The second-order valence-corrected chi connectivity index (χ2v) is 6.56. The second kappa shape index (κ2) is 6.71. The third-order valence-corrected chi connectivity index (χ3v) is 4.80. The number of rotatable bonds is 3. The molecule has 0 radical (unpaired) electrons. The third-order valence-electron chi connectivity index (χ3n) is 4.80. The SMILES string of the molecule is Cc1ccc(C2COC(=O)C(Cc3ccc(F)c(F)c3)C2)cc1C. The highest BCUT2D eigenvalue weighted by Gasteiger charge is 2.31. The van der Waals surface area contributed by atoms with Crippen molar-refractivity contribution in [2.75, 3.05) is 6.61 Å². The minimum atomic E-state index is -0.887. The third kappa shape index (κ3) is 3.48. The van der Waals surface area contributed by atoms with Crippen LogP contribution < -0.4 is 0 Å². The predicted octanol–water partition coefficient (Wildman–Crippen LogP) is 4.47. The van der Waals surface area contributed by atoms with E-state index in [1.807, 2.05) is 0 Å². The van der Waals surface area contributed by atoms with Crippen molar-refractivity contribution in [3.8, 4) is 0 Å². The highest BCUT2D eigenvalue weighted by molar-refractivity contribution is 5.74. The number of benzene rings is 2. The molecule has 2 aromatic rings. The van der Waals surface area contributed by atoms with Gasteiger partial charge >= 0.3 is 5.97 Å². The average Bonchev–Trinajstić information content (AvgIpc) is 2.56. The van der Waals surface area contributed by atoms with E-state index in [1.165, 1.54) is 17.2 Å². The fourth-order valence-electron chi connectivity index (χ4n) is 3.18. The van der Waals surface area contributed by atoms with Crippen molar-refractivity contribution in [3.05, 3.63) is 70.3 Å². The van der Waals surface area contributed by atoms with Crippen LogP contribution in [0.4, 0.5) is 8.78 Å². The predicted molar refractivity (Wildman–Crippen MR) is 87.8 cm³/mol. The number of esters is 1. The fraction of sp³-hybridized carbons (Fsp3) is 0.350. The standard InChI is InChI=1S/C20H20F2O2/c1-12-3-5-15(7-13(12)2)17-10-16(20(23)24-11-17)8-14-4-6-18(21)19(22)9-14/h3-7,9,16-17H,8,10-11H2,1-2H3. The summed E-state index contributed by atoms with van der Waals surface area (Å²) in [5, 5.41) is 0. The first-order valence-corrected chi connectivity index (χ1v) is 8.11. The number of ether oxygens (including phenoxy) is 1. The normalized spacial score (nSPS) is 20.8. The van der Waals surface area contributed by atoms with Crippen LogP contribution in [-0.2, 0) is 16.0 Å². The molecule has 2 nitrogen and oxygen atoms in total. The van der Waals surface area contributed by atoms with Crippen molar-refractivity contribution in [3.63, 3.8) is 0 Å². The zero-order chi connectivity index (χ0) is 17.3. The molecule has 1 heterocycles. The van der Waals surface area contributed by atoms with Gasteiger partial charge in [-0.25, -0.2) is 8.78 Å². The van der Waals surface area contributed by atoms with E-state index in [4.69, 9.17) is 4.74 Å². The molecule has 0 amide bonds. The Labute approximate surface area is 140 Å². The molecule has 3 rings (SSSR count). The highest BCUT2D eigenvalue weighted by atomic mass is 19.2. The molecule has 2 aromatic carbocycles. The molecule has 0 bridgehead atoms. The molecule has 1 saturated heterocycles. The highest BCUT2D eigenvalue weighted by Crippen LogP contribution is 2.32. The van der Waals surface area contributed by atoms with Crippen LogP contribution in [-0.4, -0.2) is 12.6 Å². The quantitative estimate of drug-likeness (QED) is 0.776. The zero-order valence-electron chi connectivity index (χ0n) is 13.8. The van der Waals surface area contributed by atoms with Gasteiger partial charge in [-0.15, -0.1) is 0 Å². The minimum absolute atomic E-state index is 0.136. The van der Waals surface area contributed by atoms with E-state index in [9.17, 15) is 13.6 Å². The number of halogens is 2. The van der Waals surface area contributed by atoms with Crippen LogP contribution in [0.1, 0.15) is 34.6 Å². The number of carbonyl (C=O) groups is 1. The largest absolute Gasteiger partial charge is 0.465 e. The van der Waals surface area contributed by atoms with Crippen molar-refractivity contribution in [2.24, 2.45) is 5.92 Å². The van der Waals surface area contributed by atoms with Crippen LogP contribution in [0.2, 0.25) is 0 Å². The summed E-state index contributed by atoms with van der Waals surface area (Å²) in [6.45, 7) is 4.49. The molecule has 1 fully saturated rings. The van der Waals surface area contributed by atoms with E-state index >= 15 is 0 Å². The molecule has 1 aliphatic heterocycles. The molecule has 0 aliphatic carbocycles. The summed E-state index contributed by atoms with van der Waals surface area (Å²) >= 11 is 0. The first-order chi connectivity index (χ1) is 11.4. The van der Waals surface area contributed by atoms with Gasteiger partial charge in [0.05, 0.1) is 12.5 Å². The van der Waals surface area contributed by atoms with Gasteiger partial charge in [0.2, 0.25) is 0 Å². The summed E-state index contributed by atoms with van der Waals surface area (Å²) in [4.78, 5) is 12.1. The Balaban J connectivity index is 1.76. The maximum atomic E-state index is 13.4. The van der Waals surface area contributed by atoms with Gasteiger partial charge in [0.25, 0.3) is 0 Å². The van der Waals surface area contributed by atoms with Gasteiger partial charge in [0.15, 0.2) is 11.6 Å². The van der Waals surface area contributed by atoms with Crippen LogP contribution in [0.5, 0.6) is 0 Å². The van der Waals surface area contributed by atoms with Crippen molar-refractivity contribution >= 4 is 5.97 Å². The molecule has 24 heavy (non-hydrogen) atoms. The lowest BCUT2D eigenvalue weighted by atomic mass is 9.83. The van der Waals surface area contributed by atoms with Gasteiger partial charge in [0.1, 0.15) is 0 Å². The lowest BCUT2D eigenvalue weighted by Crippen LogP contribution is -2.31. The van der Waals surface area contributed by atoms with Crippen molar-refractivity contribution in [1.29, 1.82) is 0 Å². The van der Waals surface area contributed by atoms with Crippen molar-refractivity contribution in [1.82, 2.24) is 0 Å². The molecular formula is C20H20F2O2. The Kier molecular flexibility index (Phi) is 4.65. The zero-order valence-corrected chi connectivity index (χ0v) is 13.8. The van der Waals surface area contributed by atoms with Gasteiger partial charge < -0.3 is 4.74 Å². The minimum Gasteiger partial charge on any atom is -0.465 e. The fourth-order valence-corrected chi connectivity index (χ4v) is 3.18. The summed E-state index contributed by atoms with van der Waals surface area (Å²) in [6.07, 6.45) is 1.01. The first-order valence-electron chi connectivity index (χ1n) is 8.11. The van der Waals surface area contributed by atoms with Crippen LogP contribution in [0.3, 0.4) is 0 Å². The average molecular weight is 330 g/mol. The molecule has 4 heteroatoms. The summed E-state index contributed by atoms with van der Waals surface area (Å²) in [6, 6.07) is 10.0. The van der Waals surface area contributed by atoms with Gasteiger partial charge in [-0.2, -0.15) is 0 Å². The molecule has 0 saturated carbocycles. The van der Waals surface area contributed by atoms with E-state index in [2.05, 4.69) is 32.0 Å². The molecule has 0 aromatic heterocycles. The number of aryl methyl sites for hydroxylation is 2. The van der Waals surface area contributed by atoms with Crippen molar-refractivity contribution < 1.29 is 18.3 Å². The Morgan fingerprint density at radius 1 is 1.04 bits per heavy atom. The van der Waals surface area contributed by atoms with Gasteiger partial charge in [-0.05, 0) is 61.1 Å². The summed E-state index contributed by atoms with van der Waals surface area (Å²) in [5.41, 5.74) is 4.20. The topological polar surface area (TPSA) is 26.3 Å². The Morgan fingerprint density at radius 3 is 2.54 bits per heavy atom. The van der Waals surface area contributed by atoms with E-state index in [-0.39, 0.29) is 17.8 Å². The van der Waals surface area contributed by atoms with Gasteiger partial charge in [-0.1, -0.05) is 24.3 Å². The molecule has 2 atom stereocenters. The smallest absolute Gasteiger partial charge is 0.309 e. The first kappa shape index (κ1) is 16.6. The molecule has 0 N–H and O–H groups in total. The van der Waals surface area contributed by atoms with Crippen LogP contribution in [0.15, 0.2) is 36.4 Å². The maximum absolute atomic E-state index is 13.4. The summed E-state index contributed by atoms with van der Waals surface area (Å²) in [5.74, 6) is -2.23. The Bertz CT molecular complexity index is 770. The van der Waals surface area contributed by atoms with Gasteiger partial charge in [-0.3, -0.25) is 4.79 Å². The van der Waals surface area contributed by atoms with Crippen LogP contribution in [0, 0.1) is 31.4 Å². The Hall–Kier alpha value is -2.23. The summed E-state index contributed by atoms with van der Waals surface area (Å²) in [7, 11) is 0. The van der Waals surface area contributed by atoms with Crippen LogP contribution >= 0.6 is 0 Å². The van der Waals surface area contributed by atoms with E-state index in [1.54, 1.807) is 0 Å². The molecular weight excluding hydrogens is 310 g/mol. The lowest BCUT2D eigenvalue weighted by molar-refractivity contribution is -0.154. The Morgan fingerprint density at radius 2 is 1.83 bits per heavy atom. The number of carbonyl (C=O) groups excluding carboxylic acids is 1. The molecule has 0 spiro atoms. The number of cyclic esters (lactones) is 1. The summed E-state index contributed by atoms with van der Waals surface area (Å²) < 4.78 is 31.8. The number of hydrogen-bond acceptors (Lipinski definition) is 2.